The molecule has 0 aromatic carbocycles. The normalized spacial score (nSPS) is 22.2. The summed E-state index contributed by atoms with van der Waals surface area (Å²) in [5.74, 6) is 0.881. The Balaban J connectivity index is 2.55. The number of ether oxygens (including phenoxy) is 1. The van der Waals surface area contributed by atoms with Gasteiger partial charge in [-0.1, -0.05) is 32.5 Å². The molecule has 0 heterocycles. The third kappa shape index (κ3) is 3.10. The van der Waals surface area contributed by atoms with Gasteiger partial charge in [-0.25, -0.2) is 0 Å². The molecule has 0 aromatic heterocycles. The van der Waals surface area contributed by atoms with E-state index in [0.29, 0.717) is 5.73 Å². The molecule has 0 radical (unpaired) electrons. The van der Waals surface area contributed by atoms with Crippen molar-refractivity contribution in [2.45, 2.75) is 58.0 Å². The molecule has 0 aromatic rings. The van der Waals surface area contributed by atoms with E-state index in [-0.39, 0.29) is 0 Å². The van der Waals surface area contributed by atoms with Crippen molar-refractivity contribution in [3.8, 4) is 0 Å². The molecule has 0 aliphatic heterocycles. The molecule has 0 amide bonds. The van der Waals surface area contributed by atoms with Crippen molar-refractivity contribution in [3.05, 3.63) is 0 Å². The summed E-state index contributed by atoms with van der Waals surface area (Å²) in [5.41, 5.74) is 0.611. The molecule has 13 heavy (non-hydrogen) atoms. The Morgan fingerprint density at radius 2 is 1.77 bits per heavy atom. The molecule has 2 heteroatoms. The maximum atomic E-state index is 5.95. The van der Waals surface area contributed by atoms with Crippen LogP contribution in [0.2, 0.25) is 19.6 Å². The molecule has 1 aliphatic rings. The van der Waals surface area contributed by atoms with Gasteiger partial charge in [0.2, 0.25) is 0 Å². The second kappa shape index (κ2) is 4.60. The van der Waals surface area contributed by atoms with Crippen molar-refractivity contribution in [2.24, 2.45) is 5.92 Å². The summed E-state index contributed by atoms with van der Waals surface area (Å²) >= 11 is 0. The monoisotopic (exact) mass is 200 g/mol. The first-order valence-electron chi connectivity index (χ1n) is 5.67. The summed E-state index contributed by atoms with van der Waals surface area (Å²) in [4.78, 5) is 0. The molecule has 0 N–H and O–H groups in total. The topological polar surface area (TPSA) is 9.23 Å². The molecular formula is C11H24OSi. The average molecular weight is 200 g/mol. The maximum Gasteiger partial charge on any atom is 0.0788 e. The van der Waals surface area contributed by atoms with Crippen LogP contribution < -0.4 is 0 Å². The van der Waals surface area contributed by atoms with Crippen molar-refractivity contribution < 1.29 is 4.74 Å². The molecule has 0 bridgehead atoms. The first-order chi connectivity index (χ1) is 6.05. The zero-order valence-corrected chi connectivity index (χ0v) is 10.6. The lowest BCUT2D eigenvalue weighted by molar-refractivity contribution is 0.0711. The van der Waals surface area contributed by atoms with Gasteiger partial charge >= 0.3 is 0 Å². The fraction of sp³-hybridized carbons (Fsp3) is 1.00. The van der Waals surface area contributed by atoms with E-state index in [2.05, 4.69) is 26.6 Å². The van der Waals surface area contributed by atoms with Crippen molar-refractivity contribution in [1.82, 2.24) is 0 Å². The molecule has 1 unspecified atom stereocenters. The first kappa shape index (κ1) is 11.3. The van der Waals surface area contributed by atoms with Crippen LogP contribution in [-0.4, -0.2) is 20.4 Å². The Morgan fingerprint density at radius 3 is 2.15 bits per heavy atom. The molecule has 1 atom stereocenters. The third-order valence-corrected chi connectivity index (χ3v) is 5.37. The van der Waals surface area contributed by atoms with Gasteiger partial charge in [-0.05, 0) is 25.7 Å². The Kier molecular flexibility index (Phi) is 3.99. The minimum atomic E-state index is -1.09. The zero-order chi connectivity index (χ0) is 9.90. The van der Waals surface area contributed by atoms with Gasteiger partial charge in [-0.3, -0.25) is 0 Å². The van der Waals surface area contributed by atoms with Crippen LogP contribution in [-0.2, 0) is 4.74 Å². The second-order valence-corrected chi connectivity index (χ2v) is 10.6. The van der Waals surface area contributed by atoms with E-state index in [9.17, 15) is 0 Å². The fourth-order valence-electron chi connectivity index (χ4n) is 2.53. The third-order valence-electron chi connectivity index (χ3n) is 3.03. The Labute approximate surface area is 83.9 Å². The quantitative estimate of drug-likeness (QED) is 0.632. The van der Waals surface area contributed by atoms with E-state index in [0.717, 1.165) is 12.5 Å². The summed E-state index contributed by atoms with van der Waals surface area (Å²) < 4.78 is 5.95. The van der Waals surface area contributed by atoms with E-state index in [4.69, 9.17) is 4.74 Å². The lowest BCUT2D eigenvalue weighted by Gasteiger charge is -2.33. The summed E-state index contributed by atoms with van der Waals surface area (Å²) in [5, 5.41) is 0. The lowest BCUT2D eigenvalue weighted by atomic mass is 10.1. The smallest absolute Gasteiger partial charge is 0.0788 e. The van der Waals surface area contributed by atoms with E-state index in [1.54, 1.807) is 0 Å². The zero-order valence-electron chi connectivity index (χ0n) is 9.60. The number of rotatable bonds is 4. The molecule has 1 fully saturated rings. The summed E-state index contributed by atoms with van der Waals surface area (Å²) in [6.45, 7) is 10.3. The van der Waals surface area contributed by atoms with E-state index in [1.807, 2.05) is 0 Å². The Hall–Kier alpha value is 0.177. The lowest BCUT2D eigenvalue weighted by Crippen LogP contribution is -2.45. The molecular weight excluding hydrogens is 176 g/mol. The van der Waals surface area contributed by atoms with Gasteiger partial charge in [0.25, 0.3) is 0 Å². The van der Waals surface area contributed by atoms with Gasteiger partial charge in [-0.2, -0.15) is 0 Å². The number of hydrogen-bond acceptors (Lipinski definition) is 1. The summed E-state index contributed by atoms with van der Waals surface area (Å²) in [7, 11) is -1.09. The van der Waals surface area contributed by atoms with Crippen LogP contribution in [0.1, 0.15) is 32.6 Å². The average Bonchev–Trinajstić information content (AvgIpc) is 2.49. The molecule has 1 saturated carbocycles. The van der Waals surface area contributed by atoms with Crippen molar-refractivity contribution in [3.63, 3.8) is 0 Å². The van der Waals surface area contributed by atoms with Gasteiger partial charge < -0.3 is 4.74 Å². The van der Waals surface area contributed by atoms with Crippen molar-refractivity contribution in [2.75, 3.05) is 6.61 Å². The van der Waals surface area contributed by atoms with E-state index in [1.165, 1.54) is 25.7 Å². The first-order valence-corrected chi connectivity index (χ1v) is 9.25. The highest BCUT2D eigenvalue weighted by molar-refractivity contribution is 6.77. The molecule has 1 rings (SSSR count). The molecule has 78 valence electrons. The minimum absolute atomic E-state index is 0.611. The van der Waals surface area contributed by atoms with Gasteiger partial charge in [0.05, 0.1) is 13.8 Å². The van der Waals surface area contributed by atoms with Crippen molar-refractivity contribution in [1.29, 1.82) is 0 Å². The Morgan fingerprint density at radius 1 is 1.23 bits per heavy atom. The van der Waals surface area contributed by atoms with Crippen LogP contribution in [0.15, 0.2) is 0 Å². The van der Waals surface area contributed by atoms with Crippen molar-refractivity contribution >= 4 is 8.07 Å². The highest BCUT2D eigenvalue weighted by Crippen LogP contribution is 2.33. The van der Waals surface area contributed by atoms with Gasteiger partial charge in [0.1, 0.15) is 0 Å². The van der Waals surface area contributed by atoms with Gasteiger partial charge in [0.15, 0.2) is 0 Å². The fourth-order valence-corrected chi connectivity index (χ4v) is 4.95. The highest BCUT2D eigenvalue weighted by Gasteiger charge is 2.35. The molecule has 0 saturated heterocycles. The van der Waals surface area contributed by atoms with Gasteiger partial charge in [0, 0.05) is 6.61 Å². The van der Waals surface area contributed by atoms with Crippen LogP contribution >= 0.6 is 0 Å². The predicted octanol–water partition coefficient (Wildman–Crippen LogP) is 3.46. The van der Waals surface area contributed by atoms with Gasteiger partial charge in [-0.15, -0.1) is 0 Å². The summed E-state index contributed by atoms with van der Waals surface area (Å²) in [6.07, 6.45) is 5.68. The standard InChI is InChI=1S/C11H24OSi/c1-5-12-11(13(2,3)4)10-8-6-7-9-10/h10-11H,5-9H2,1-4H3. The van der Waals surface area contributed by atoms with E-state index >= 15 is 0 Å². The summed E-state index contributed by atoms with van der Waals surface area (Å²) in [6, 6.07) is 0. The largest absolute Gasteiger partial charge is 0.382 e. The highest BCUT2D eigenvalue weighted by atomic mass is 28.3. The van der Waals surface area contributed by atoms with Crippen LogP contribution in [0.25, 0.3) is 0 Å². The SMILES string of the molecule is CCOC(C1CCCC1)[Si](C)(C)C. The van der Waals surface area contributed by atoms with E-state index < -0.39 is 8.07 Å². The van der Waals surface area contributed by atoms with Crippen LogP contribution in [0, 0.1) is 5.92 Å². The maximum absolute atomic E-state index is 5.95. The molecule has 0 spiro atoms. The predicted molar refractivity (Wildman–Crippen MR) is 60.7 cm³/mol. The number of hydrogen-bond donors (Lipinski definition) is 0. The van der Waals surface area contributed by atoms with Crippen LogP contribution in [0.4, 0.5) is 0 Å². The second-order valence-electron chi connectivity index (χ2n) is 5.29. The molecule has 1 aliphatic carbocycles. The minimum Gasteiger partial charge on any atom is -0.382 e. The molecule has 1 nitrogen and oxygen atoms in total. The van der Waals surface area contributed by atoms with Crippen LogP contribution in [0.3, 0.4) is 0 Å². The Bertz CT molecular complexity index is 145. The van der Waals surface area contributed by atoms with Crippen LogP contribution in [0.5, 0.6) is 0 Å².